The molecule has 1 heterocycles. The van der Waals surface area contributed by atoms with Crippen molar-refractivity contribution in [3.63, 3.8) is 0 Å². The second kappa shape index (κ2) is 10.8. The lowest BCUT2D eigenvalue weighted by Crippen LogP contribution is -2.41. The topological polar surface area (TPSA) is 3.24 Å². The Kier molecular flexibility index (Phi) is 10.8. The largest absolute Gasteiger partial charge is 0.300 e. The molecule has 0 spiro atoms. The molecule has 0 bridgehead atoms. The molecule has 1 aliphatic rings. The van der Waals surface area contributed by atoms with Crippen LogP contribution in [0.2, 0.25) is 0 Å². The predicted octanol–water partition coefficient (Wildman–Crippen LogP) is 5.35. The van der Waals surface area contributed by atoms with Gasteiger partial charge in [-0.05, 0) is 50.6 Å². The van der Waals surface area contributed by atoms with Crippen LogP contribution in [0.3, 0.4) is 0 Å². The zero-order chi connectivity index (χ0) is 14.0. The summed E-state index contributed by atoms with van der Waals surface area (Å²) in [5, 5.41) is 0. The van der Waals surface area contributed by atoms with Gasteiger partial charge in [-0.15, -0.1) is 0 Å². The zero-order valence-corrected chi connectivity index (χ0v) is 13.8. The van der Waals surface area contributed by atoms with Gasteiger partial charge >= 0.3 is 0 Å². The number of hydrogen-bond donors (Lipinski definition) is 0. The maximum absolute atomic E-state index is 2.73. The van der Waals surface area contributed by atoms with Crippen LogP contribution < -0.4 is 0 Å². The standard InChI is InChI=1S/C15H31N.C2H6/c1-5-8-13(4)14-9-11-16(12-10-14)15(6-2)7-3;1-2/h13-15H,5-12H2,1-4H3;1-2H3. The lowest BCUT2D eigenvalue weighted by atomic mass is 9.82. The van der Waals surface area contributed by atoms with Crippen LogP contribution in [0.5, 0.6) is 0 Å². The monoisotopic (exact) mass is 255 g/mol. The van der Waals surface area contributed by atoms with Gasteiger partial charge in [0.25, 0.3) is 0 Å². The Hall–Kier alpha value is -0.0400. The van der Waals surface area contributed by atoms with Crippen LogP contribution in [0.4, 0.5) is 0 Å². The molecule has 0 aromatic carbocycles. The highest BCUT2D eigenvalue weighted by Gasteiger charge is 2.25. The Balaban J connectivity index is 0.00000137. The molecule has 0 saturated carbocycles. The van der Waals surface area contributed by atoms with Crippen LogP contribution in [0.15, 0.2) is 0 Å². The van der Waals surface area contributed by atoms with Crippen LogP contribution in [-0.2, 0) is 0 Å². The molecule has 0 radical (unpaired) electrons. The first-order chi connectivity index (χ1) is 8.72. The predicted molar refractivity (Wildman–Crippen MR) is 84.1 cm³/mol. The van der Waals surface area contributed by atoms with Gasteiger partial charge in [0, 0.05) is 6.04 Å². The second-order valence-electron chi connectivity index (χ2n) is 5.61. The van der Waals surface area contributed by atoms with Crippen molar-refractivity contribution >= 4 is 0 Å². The third-order valence-electron chi connectivity index (χ3n) is 4.58. The van der Waals surface area contributed by atoms with Crippen molar-refractivity contribution < 1.29 is 0 Å². The lowest BCUT2D eigenvalue weighted by Gasteiger charge is -2.39. The third kappa shape index (κ3) is 5.73. The molecule has 1 rings (SSSR count). The average Bonchev–Trinajstić information content (AvgIpc) is 2.43. The minimum Gasteiger partial charge on any atom is -0.300 e. The van der Waals surface area contributed by atoms with Crippen LogP contribution in [-0.4, -0.2) is 24.0 Å². The highest BCUT2D eigenvalue weighted by molar-refractivity contribution is 4.79. The molecular formula is C17H37N. The molecule has 1 atom stereocenters. The van der Waals surface area contributed by atoms with Crippen LogP contribution >= 0.6 is 0 Å². The van der Waals surface area contributed by atoms with Crippen LogP contribution in [0.1, 0.15) is 80.1 Å². The normalized spacial score (nSPS) is 19.5. The summed E-state index contributed by atoms with van der Waals surface area (Å²) in [5.74, 6) is 1.96. The average molecular weight is 255 g/mol. The first-order valence-corrected chi connectivity index (χ1v) is 8.46. The molecule has 0 N–H and O–H groups in total. The summed E-state index contributed by atoms with van der Waals surface area (Å²) in [6.45, 7) is 16.1. The first kappa shape index (κ1) is 18.0. The van der Waals surface area contributed by atoms with E-state index >= 15 is 0 Å². The number of likely N-dealkylation sites (tertiary alicyclic amines) is 1. The van der Waals surface area contributed by atoms with Crippen molar-refractivity contribution in [1.82, 2.24) is 4.90 Å². The van der Waals surface area contributed by atoms with E-state index in [2.05, 4.69) is 32.6 Å². The highest BCUT2D eigenvalue weighted by Crippen LogP contribution is 2.29. The van der Waals surface area contributed by atoms with Gasteiger partial charge < -0.3 is 4.90 Å². The minimum atomic E-state index is 0.849. The molecule has 110 valence electrons. The molecule has 0 aromatic rings. The van der Waals surface area contributed by atoms with Crippen molar-refractivity contribution in [1.29, 1.82) is 0 Å². The van der Waals surface area contributed by atoms with E-state index in [0.717, 1.165) is 17.9 Å². The van der Waals surface area contributed by atoms with E-state index in [9.17, 15) is 0 Å². The summed E-state index contributed by atoms with van der Waals surface area (Å²) in [6.07, 6.45) is 8.32. The fraction of sp³-hybridized carbons (Fsp3) is 1.00. The fourth-order valence-corrected chi connectivity index (χ4v) is 3.35. The number of piperidine rings is 1. The number of rotatable bonds is 6. The van der Waals surface area contributed by atoms with E-state index in [0.29, 0.717) is 0 Å². The molecule has 0 aromatic heterocycles. The maximum atomic E-state index is 2.73. The molecule has 1 unspecified atom stereocenters. The van der Waals surface area contributed by atoms with Crippen LogP contribution in [0.25, 0.3) is 0 Å². The van der Waals surface area contributed by atoms with E-state index in [-0.39, 0.29) is 0 Å². The molecule has 0 aliphatic carbocycles. The fourth-order valence-electron chi connectivity index (χ4n) is 3.35. The van der Waals surface area contributed by atoms with E-state index in [1.807, 2.05) is 13.8 Å². The minimum absolute atomic E-state index is 0.849. The molecule has 1 fully saturated rings. The smallest absolute Gasteiger partial charge is 0.00900 e. The molecular weight excluding hydrogens is 218 g/mol. The Labute approximate surface area is 116 Å². The van der Waals surface area contributed by atoms with Gasteiger partial charge in [-0.25, -0.2) is 0 Å². The highest BCUT2D eigenvalue weighted by atomic mass is 15.2. The molecule has 1 aliphatic heterocycles. The van der Waals surface area contributed by atoms with Gasteiger partial charge in [0.2, 0.25) is 0 Å². The van der Waals surface area contributed by atoms with Crippen molar-refractivity contribution in [3.8, 4) is 0 Å². The van der Waals surface area contributed by atoms with E-state index in [4.69, 9.17) is 0 Å². The van der Waals surface area contributed by atoms with Crippen LogP contribution in [0, 0.1) is 11.8 Å². The summed E-state index contributed by atoms with van der Waals surface area (Å²) < 4.78 is 0. The molecule has 1 nitrogen and oxygen atoms in total. The van der Waals surface area contributed by atoms with Crippen molar-refractivity contribution in [2.24, 2.45) is 11.8 Å². The Morgan fingerprint density at radius 3 is 1.89 bits per heavy atom. The third-order valence-corrected chi connectivity index (χ3v) is 4.58. The molecule has 0 amide bonds. The second-order valence-corrected chi connectivity index (χ2v) is 5.61. The van der Waals surface area contributed by atoms with Crippen molar-refractivity contribution in [3.05, 3.63) is 0 Å². The van der Waals surface area contributed by atoms with E-state index in [1.165, 1.54) is 51.6 Å². The zero-order valence-electron chi connectivity index (χ0n) is 13.8. The van der Waals surface area contributed by atoms with Gasteiger partial charge in [-0.2, -0.15) is 0 Å². The summed E-state index contributed by atoms with van der Waals surface area (Å²) in [7, 11) is 0. The summed E-state index contributed by atoms with van der Waals surface area (Å²) in [5.41, 5.74) is 0. The summed E-state index contributed by atoms with van der Waals surface area (Å²) in [4.78, 5) is 2.73. The number of hydrogen-bond acceptors (Lipinski definition) is 1. The first-order valence-electron chi connectivity index (χ1n) is 8.46. The Bertz CT molecular complexity index is 166. The SMILES string of the molecule is CC.CCCC(C)C1CCN(C(CC)CC)CC1. The van der Waals surface area contributed by atoms with Gasteiger partial charge in [0.1, 0.15) is 0 Å². The molecule has 1 heteroatoms. The van der Waals surface area contributed by atoms with Gasteiger partial charge in [0.05, 0.1) is 0 Å². The maximum Gasteiger partial charge on any atom is 0.00900 e. The van der Waals surface area contributed by atoms with Gasteiger partial charge in [0.15, 0.2) is 0 Å². The molecule has 18 heavy (non-hydrogen) atoms. The van der Waals surface area contributed by atoms with Crippen molar-refractivity contribution in [2.75, 3.05) is 13.1 Å². The van der Waals surface area contributed by atoms with E-state index < -0.39 is 0 Å². The van der Waals surface area contributed by atoms with Gasteiger partial charge in [-0.1, -0.05) is 54.4 Å². The van der Waals surface area contributed by atoms with E-state index in [1.54, 1.807) is 0 Å². The summed E-state index contributed by atoms with van der Waals surface area (Å²) in [6, 6.07) is 0.849. The summed E-state index contributed by atoms with van der Waals surface area (Å²) >= 11 is 0. The lowest BCUT2D eigenvalue weighted by molar-refractivity contribution is 0.104. The van der Waals surface area contributed by atoms with Crippen molar-refractivity contribution in [2.45, 2.75) is 86.1 Å². The quantitative estimate of drug-likeness (QED) is 0.618. The molecule has 1 saturated heterocycles. The van der Waals surface area contributed by atoms with Gasteiger partial charge in [-0.3, -0.25) is 0 Å². The Morgan fingerprint density at radius 1 is 1.00 bits per heavy atom. The Morgan fingerprint density at radius 2 is 1.50 bits per heavy atom. The number of nitrogens with zero attached hydrogens (tertiary/aromatic N) is 1.